The van der Waals surface area contributed by atoms with E-state index in [1.54, 1.807) is 6.26 Å². The Hall–Kier alpha value is -1.34. The molecule has 0 saturated carbocycles. The Labute approximate surface area is 130 Å². The quantitative estimate of drug-likeness (QED) is 0.825. The Morgan fingerprint density at radius 3 is 2.86 bits per heavy atom. The van der Waals surface area contributed by atoms with Crippen molar-refractivity contribution in [3.05, 3.63) is 23.8 Å². The monoisotopic (exact) mass is 326 g/mol. The molecule has 114 valence electrons. The number of carboxylic acid groups (broad SMARTS) is 1. The SMILES string of the molecule is Cc1ccc2nc(SCC(=O)O)n(CC(C)S(C)=O)c2c1. The number of carbonyl (C=O) groups is 1. The van der Waals surface area contributed by atoms with Gasteiger partial charge >= 0.3 is 5.97 Å². The zero-order chi connectivity index (χ0) is 15.6. The first-order valence-electron chi connectivity index (χ1n) is 6.52. The number of imidazole rings is 1. The smallest absolute Gasteiger partial charge is 0.313 e. The van der Waals surface area contributed by atoms with Crippen molar-refractivity contribution in [2.45, 2.75) is 30.8 Å². The number of aromatic nitrogens is 2. The largest absolute Gasteiger partial charge is 0.481 e. The third-order valence-corrected chi connectivity index (χ3v) is 5.44. The van der Waals surface area contributed by atoms with Crippen LogP contribution in [-0.2, 0) is 22.1 Å². The molecule has 0 bridgehead atoms. The Kier molecular flexibility index (Phi) is 5.05. The van der Waals surface area contributed by atoms with Crippen molar-refractivity contribution >= 4 is 39.6 Å². The van der Waals surface area contributed by atoms with Gasteiger partial charge in [0.25, 0.3) is 0 Å². The van der Waals surface area contributed by atoms with Gasteiger partial charge in [-0.05, 0) is 31.5 Å². The van der Waals surface area contributed by atoms with Crippen LogP contribution in [0.1, 0.15) is 12.5 Å². The first kappa shape index (κ1) is 16.0. The number of benzene rings is 1. The number of nitrogens with zero attached hydrogens (tertiary/aromatic N) is 2. The molecule has 2 unspecified atom stereocenters. The van der Waals surface area contributed by atoms with Crippen LogP contribution in [0.4, 0.5) is 0 Å². The summed E-state index contributed by atoms with van der Waals surface area (Å²) in [7, 11) is -0.938. The molecule has 5 nitrogen and oxygen atoms in total. The van der Waals surface area contributed by atoms with Gasteiger partial charge in [0.2, 0.25) is 0 Å². The van der Waals surface area contributed by atoms with Gasteiger partial charge in [0, 0.05) is 28.9 Å². The number of hydrogen-bond donors (Lipinski definition) is 1. The highest BCUT2D eigenvalue weighted by Gasteiger charge is 2.16. The first-order valence-corrected chi connectivity index (χ1v) is 9.13. The molecule has 0 spiro atoms. The summed E-state index contributed by atoms with van der Waals surface area (Å²) >= 11 is 1.19. The van der Waals surface area contributed by atoms with Gasteiger partial charge < -0.3 is 9.67 Å². The zero-order valence-corrected chi connectivity index (χ0v) is 13.8. The van der Waals surface area contributed by atoms with Crippen molar-refractivity contribution in [2.75, 3.05) is 12.0 Å². The van der Waals surface area contributed by atoms with Gasteiger partial charge in [-0.25, -0.2) is 4.98 Å². The molecular weight excluding hydrogens is 308 g/mol. The van der Waals surface area contributed by atoms with E-state index in [1.165, 1.54) is 11.8 Å². The Morgan fingerprint density at radius 1 is 1.52 bits per heavy atom. The maximum absolute atomic E-state index is 11.6. The van der Waals surface area contributed by atoms with Crippen LogP contribution in [0.25, 0.3) is 11.0 Å². The molecule has 0 fully saturated rings. The van der Waals surface area contributed by atoms with Crippen LogP contribution in [0.2, 0.25) is 0 Å². The highest BCUT2D eigenvalue weighted by molar-refractivity contribution is 7.99. The summed E-state index contributed by atoms with van der Waals surface area (Å²) < 4.78 is 13.6. The van der Waals surface area contributed by atoms with E-state index in [1.807, 2.05) is 36.6 Å². The highest BCUT2D eigenvalue weighted by Crippen LogP contribution is 2.25. The van der Waals surface area contributed by atoms with Crippen molar-refractivity contribution in [1.82, 2.24) is 9.55 Å². The second kappa shape index (κ2) is 6.62. The second-order valence-corrected chi connectivity index (χ2v) is 7.73. The van der Waals surface area contributed by atoms with E-state index in [0.29, 0.717) is 11.7 Å². The van der Waals surface area contributed by atoms with E-state index in [-0.39, 0.29) is 11.0 Å². The lowest BCUT2D eigenvalue weighted by Gasteiger charge is -2.13. The summed E-state index contributed by atoms with van der Waals surface area (Å²) in [4.78, 5) is 15.3. The van der Waals surface area contributed by atoms with Crippen LogP contribution in [0.3, 0.4) is 0 Å². The summed E-state index contributed by atoms with van der Waals surface area (Å²) in [5.41, 5.74) is 2.91. The first-order chi connectivity index (χ1) is 9.88. The zero-order valence-electron chi connectivity index (χ0n) is 12.2. The van der Waals surface area contributed by atoms with E-state index >= 15 is 0 Å². The molecule has 0 amide bonds. The van der Waals surface area contributed by atoms with Crippen LogP contribution in [0.15, 0.2) is 23.4 Å². The summed E-state index contributed by atoms with van der Waals surface area (Å²) in [6.07, 6.45) is 1.68. The highest BCUT2D eigenvalue weighted by atomic mass is 32.2. The molecule has 2 aromatic rings. The molecule has 1 heterocycles. The number of thioether (sulfide) groups is 1. The number of aliphatic carboxylic acids is 1. The molecule has 1 aromatic carbocycles. The van der Waals surface area contributed by atoms with Crippen LogP contribution < -0.4 is 0 Å². The van der Waals surface area contributed by atoms with Crippen molar-refractivity contribution in [3.8, 4) is 0 Å². The summed E-state index contributed by atoms with van der Waals surface area (Å²) in [5.74, 6) is -0.909. The minimum atomic E-state index is -0.938. The molecule has 0 aliphatic rings. The van der Waals surface area contributed by atoms with Crippen molar-refractivity contribution in [1.29, 1.82) is 0 Å². The van der Waals surface area contributed by atoms with Gasteiger partial charge in [-0.3, -0.25) is 9.00 Å². The molecule has 0 aliphatic heterocycles. The van der Waals surface area contributed by atoms with Gasteiger partial charge in [-0.2, -0.15) is 0 Å². The normalized spacial score (nSPS) is 14.2. The molecule has 0 saturated heterocycles. The third-order valence-electron chi connectivity index (χ3n) is 3.20. The number of hydrogen-bond acceptors (Lipinski definition) is 4. The predicted molar refractivity (Wildman–Crippen MR) is 86.4 cm³/mol. The van der Waals surface area contributed by atoms with Crippen molar-refractivity contribution in [3.63, 3.8) is 0 Å². The van der Waals surface area contributed by atoms with E-state index < -0.39 is 16.8 Å². The van der Waals surface area contributed by atoms with E-state index in [9.17, 15) is 9.00 Å². The predicted octanol–water partition coefficient (Wildman–Crippen LogP) is 2.29. The molecule has 0 radical (unpaired) electrons. The number of fused-ring (bicyclic) bond motifs is 1. The summed E-state index contributed by atoms with van der Waals surface area (Å²) in [6, 6.07) is 5.94. The third kappa shape index (κ3) is 3.85. The van der Waals surface area contributed by atoms with E-state index in [2.05, 4.69) is 4.98 Å². The molecule has 1 N–H and O–H groups in total. The van der Waals surface area contributed by atoms with Crippen LogP contribution >= 0.6 is 11.8 Å². The second-order valence-electron chi connectivity index (χ2n) is 4.99. The molecule has 7 heteroatoms. The van der Waals surface area contributed by atoms with Gasteiger partial charge in [0.1, 0.15) is 0 Å². The number of aryl methyl sites for hydroxylation is 1. The number of rotatable bonds is 6. The molecular formula is C14H18N2O3S2. The minimum Gasteiger partial charge on any atom is -0.481 e. The lowest BCUT2D eigenvalue weighted by Crippen LogP contribution is -2.18. The van der Waals surface area contributed by atoms with Crippen LogP contribution in [-0.4, -0.2) is 42.1 Å². The minimum absolute atomic E-state index is 0.0212. The van der Waals surface area contributed by atoms with Gasteiger partial charge in [0.15, 0.2) is 5.16 Å². The maximum Gasteiger partial charge on any atom is 0.313 e. The average molecular weight is 326 g/mol. The fourth-order valence-electron chi connectivity index (χ4n) is 1.99. The van der Waals surface area contributed by atoms with E-state index in [0.717, 1.165) is 16.6 Å². The summed E-state index contributed by atoms with van der Waals surface area (Å²) in [5, 5.41) is 9.49. The van der Waals surface area contributed by atoms with Crippen LogP contribution in [0.5, 0.6) is 0 Å². The average Bonchev–Trinajstić information content (AvgIpc) is 2.74. The lowest BCUT2D eigenvalue weighted by atomic mass is 10.2. The lowest BCUT2D eigenvalue weighted by molar-refractivity contribution is -0.133. The maximum atomic E-state index is 11.6. The van der Waals surface area contributed by atoms with Crippen LogP contribution in [0, 0.1) is 6.92 Å². The topological polar surface area (TPSA) is 72.2 Å². The molecule has 21 heavy (non-hydrogen) atoms. The van der Waals surface area contributed by atoms with Crippen molar-refractivity contribution in [2.24, 2.45) is 0 Å². The van der Waals surface area contributed by atoms with Gasteiger partial charge in [-0.15, -0.1) is 0 Å². The van der Waals surface area contributed by atoms with E-state index in [4.69, 9.17) is 5.11 Å². The molecule has 0 aliphatic carbocycles. The summed E-state index contributed by atoms with van der Waals surface area (Å²) in [6.45, 7) is 4.48. The van der Waals surface area contributed by atoms with Gasteiger partial charge in [0.05, 0.1) is 16.8 Å². The number of carboxylic acids is 1. The van der Waals surface area contributed by atoms with Gasteiger partial charge in [-0.1, -0.05) is 17.8 Å². The molecule has 2 atom stereocenters. The molecule has 1 aromatic heterocycles. The fourth-order valence-corrected chi connectivity index (χ4v) is 3.09. The standard InChI is InChI=1S/C14H18N2O3S2/c1-9-4-5-11-12(6-9)16(7-10(2)21(3)19)14(15-11)20-8-13(17)18/h4-6,10H,7-8H2,1-3H3,(H,17,18). The molecule has 2 rings (SSSR count). The van der Waals surface area contributed by atoms with Crippen molar-refractivity contribution < 1.29 is 14.1 Å². The fraction of sp³-hybridized carbons (Fsp3) is 0.429. The Bertz CT molecular complexity index is 697. The Morgan fingerprint density at radius 2 is 2.24 bits per heavy atom. The Balaban J connectivity index is 2.44.